The number of sulfone groups is 2. The largest absolute Gasteiger partial charge is 0.305 e. The lowest BCUT2D eigenvalue weighted by atomic mass is 10.1. The monoisotopic (exact) mass is 385 g/mol. The van der Waals surface area contributed by atoms with Crippen LogP contribution in [0.15, 0.2) is 52.1 Å². The maximum Gasteiger partial charge on any atom is 0.193 e. The van der Waals surface area contributed by atoms with Gasteiger partial charge in [-0.25, -0.2) is 16.8 Å². The molecule has 1 N–H and O–H groups in total. The van der Waals surface area contributed by atoms with Gasteiger partial charge in [-0.3, -0.25) is 0 Å². The quantitative estimate of drug-likeness (QED) is 0.852. The van der Waals surface area contributed by atoms with Crippen molar-refractivity contribution >= 4 is 31.0 Å². The number of benzene rings is 1. The van der Waals surface area contributed by atoms with E-state index < -0.39 is 31.0 Å². The molecule has 1 aliphatic rings. The molecule has 2 heterocycles. The average Bonchev–Trinajstić information content (AvgIpc) is 3.16. The van der Waals surface area contributed by atoms with E-state index in [1.165, 1.54) is 6.07 Å². The van der Waals surface area contributed by atoms with Crippen LogP contribution >= 0.6 is 11.3 Å². The van der Waals surface area contributed by atoms with Crippen molar-refractivity contribution in [2.75, 3.05) is 11.5 Å². The highest BCUT2D eigenvalue weighted by Crippen LogP contribution is 2.29. The fraction of sp³-hybridized carbons (Fsp3) is 0.375. The second kappa shape index (κ2) is 6.59. The van der Waals surface area contributed by atoms with E-state index in [1.807, 2.05) is 37.3 Å². The molecule has 0 unspecified atom stereocenters. The van der Waals surface area contributed by atoms with Gasteiger partial charge in [0, 0.05) is 12.1 Å². The topological polar surface area (TPSA) is 80.3 Å². The second-order valence-electron chi connectivity index (χ2n) is 6.00. The first kappa shape index (κ1) is 17.6. The smallest absolute Gasteiger partial charge is 0.193 e. The first-order valence-corrected chi connectivity index (χ1v) is 11.8. The molecule has 8 heteroatoms. The van der Waals surface area contributed by atoms with Crippen molar-refractivity contribution < 1.29 is 16.8 Å². The lowest BCUT2D eigenvalue weighted by Gasteiger charge is -2.23. The van der Waals surface area contributed by atoms with Gasteiger partial charge >= 0.3 is 0 Å². The Morgan fingerprint density at radius 1 is 1.12 bits per heavy atom. The number of hydrogen-bond acceptors (Lipinski definition) is 6. The van der Waals surface area contributed by atoms with Gasteiger partial charge in [-0.2, -0.15) is 0 Å². The highest BCUT2D eigenvalue weighted by Gasteiger charge is 2.46. The summed E-state index contributed by atoms with van der Waals surface area (Å²) < 4.78 is 50.0. The van der Waals surface area contributed by atoms with E-state index in [0.29, 0.717) is 0 Å². The third-order valence-corrected chi connectivity index (χ3v) is 9.82. The van der Waals surface area contributed by atoms with Gasteiger partial charge < -0.3 is 5.32 Å². The molecule has 1 fully saturated rings. The Hall–Kier alpha value is -1.22. The Labute approximate surface area is 146 Å². The maximum atomic E-state index is 12.8. The minimum absolute atomic E-state index is 0.134. The first-order chi connectivity index (χ1) is 11.3. The Kier molecular flexibility index (Phi) is 4.83. The molecule has 1 aliphatic heterocycles. The van der Waals surface area contributed by atoms with Crippen molar-refractivity contribution in [3.8, 4) is 0 Å². The summed E-state index contributed by atoms with van der Waals surface area (Å²) in [6.07, 6.45) is 0. The summed E-state index contributed by atoms with van der Waals surface area (Å²) >= 11 is 1.12. The van der Waals surface area contributed by atoms with Crippen LogP contribution < -0.4 is 5.32 Å². The highest BCUT2D eigenvalue weighted by molar-refractivity contribution is 7.97. The van der Waals surface area contributed by atoms with E-state index in [2.05, 4.69) is 5.32 Å². The molecule has 0 amide bonds. The second-order valence-corrected chi connectivity index (χ2v) is 11.5. The van der Waals surface area contributed by atoms with E-state index in [1.54, 1.807) is 11.4 Å². The Morgan fingerprint density at radius 3 is 2.46 bits per heavy atom. The van der Waals surface area contributed by atoms with Crippen LogP contribution in [0.25, 0.3) is 0 Å². The summed E-state index contributed by atoms with van der Waals surface area (Å²) in [5.41, 5.74) is 0.995. The van der Waals surface area contributed by atoms with Gasteiger partial charge in [0.1, 0.15) is 4.21 Å². The van der Waals surface area contributed by atoms with Gasteiger partial charge in [-0.1, -0.05) is 36.4 Å². The third-order valence-electron chi connectivity index (χ3n) is 4.24. The number of thiophene rings is 1. The van der Waals surface area contributed by atoms with Crippen LogP contribution in [0.4, 0.5) is 0 Å². The minimum atomic E-state index is -3.67. The van der Waals surface area contributed by atoms with Crippen LogP contribution in [0.5, 0.6) is 0 Å². The predicted molar refractivity (Wildman–Crippen MR) is 95.7 cm³/mol. The number of nitrogens with one attached hydrogen (secondary N) is 1. The van der Waals surface area contributed by atoms with Crippen LogP contribution in [0, 0.1) is 0 Å². The lowest BCUT2D eigenvalue weighted by Crippen LogP contribution is -2.44. The van der Waals surface area contributed by atoms with Gasteiger partial charge in [0.25, 0.3) is 0 Å². The molecule has 1 aromatic carbocycles. The van der Waals surface area contributed by atoms with Crippen LogP contribution in [0.2, 0.25) is 0 Å². The Morgan fingerprint density at radius 2 is 1.83 bits per heavy atom. The summed E-state index contributed by atoms with van der Waals surface area (Å²) in [4.78, 5) is 0. The van der Waals surface area contributed by atoms with Gasteiger partial charge in [-0.15, -0.1) is 11.3 Å². The number of hydrogen-bond donors (Lipinski definition) is 1. The van der Waals surface area contributed by atoms with Gasteiger partial charge in [0.05, 0.1) is 16.8 Å². The van der Waals surface area contributed by atoms with Crippen molar-refractivity contribution in [1.29, 1.82) is 0 Å². The summed E-state index contributed by atoms with van der Waals surface area (Å²) in [5.74, 6) is -0.480. The minimum Gasteiger partial charge on any atom is -0.305 e. The zero-order valence-electron chi connectivity index (χ0n) is 13.1. The van der Waals surface area contributed by atoms with E-state index in [-0.39, 0.29) is 21.8 Å². The first-order valence-electron chi connectivity index (χ1n) is 7.58. The molecule has 0 saturated carbocycles. The predicted octanol–water partition coefficient (Wildman–Crippen LogP) is 2.04. The summed E-state index contributed by atoms with van der Waals surface area (Å²) in [5, 5.41) is 3.95. The van der Waals surface area contributed by atoms with Crippen molar-refractivity contribution in [3.63, 3.8) is 0 Å². The van der Waals surface area contributed by atoms with Crippen molar-refractivity contribution in [2.24, 2.45) is 0 Å². The van der Waals surface area contributed by atoms with Crippen molar-refractivity contribution in [2.45, 2.75) is 28.5 Å². The van der Waals surface area contributed by atoms with E-state index >= 15 is 0 Å². The molecule has 5 nitrogen and oxygen atoms in total. The molecule has 3 rings (SSSR count). The van der Waals surface area contributed by atoms with Gasteiger partial charge in [0.2, 0.25) is 0 Å². The highest BCUT2D eigenvalue weighted by atomic mass is 32.2. The molecule has 130 valence electrons. The molecular formula is C16H19NO4S3. The lowest BCUT2D eigenvalue weighted by molar-refractivity contribution is 0.476. The van der Waals surface area contributed by atoms with Crippen LogP contribution in [0.1, 0.15) is 18.5 Å². The molecule has 2 aromatic rings. The van der Waals surface area contributed by atoms with Crippen molar-refractivity contribution in [3.05, 3.63) is 53.4 Å². The van der Waals surface area contributed by atoms with E-state index in [4.69, 9.17) is 0 Å². The normalized spacial score (nSPS) is 24.7. The molecule has 3 atom stereocenters. The summed E-state index contributed by atoms with van der Waals surface area (Å²) in [6.45, 7) is 1.91. The SMILES string of the molecule is C[C@H](N[C@H]1CS(=O)(=O)C[C@@H]1S(=O)(=O)c1cccs1)c1ccccc1. The fourth-order valence-electron chi connectivity index (χ4n) is 3.01. The fourth-order valence-corrected chi connectivity index (χ4v) is 8.91. The number of rotatable bonds is 5. The third kappa shape index (κ3) is 3.56. The van der Waals surface area contributed by atoms with Crippen LogP contribution in [-0.4, -0.2) is 39.6 Å². The van der Waals surface area contributed by atoms with Crippen LogP contribution in [0.3, 0.4) is 0 Å². The summed E-state index contributed by atoms with van der Waals surface area (Å²) in [6, 6.07) is 12.0. The molecule has 0 aliphatic carbocycles. The molecular weight excluding hydrogens is 366 g/mol. The molecule has 24 heavy (non-hydrogen) atoms. The molecule has 0 spiro atoms. The molecule has 0 bridgehead atoms. The van der Waals surface area contributed by atoms with Gasteiger partial charge in [0.15, 0.2) is 19.7 Å². The van der Waals surface area contributed by atoms with E-state index in [9.17, 15) is 16.8 Å². The van der Waals surface area contributed by atoms with Crippen molar-refractivity contribution in [1.82, 2.24) is 5.32 Å². The molecule has 0 radical (unpaired) electrons. The zero-order chi connectivity index (χ0) is 17.4. The molecule has 1 aromatic heterocycles. The Balaban J connectivity index is 1.88. The van der Waals surface area contributed by atoms with Crippen LogP contribution in [-0.2, 0) is 19.7 Å². The summed E-state index contributed by atoms with van der Waals surface area (Å²) in [7, 11) is -7.05. The zero-order valence-corrected chi connectivity index (χ0v) is 15.6. The molecule has 1 saturated heterocycles. The Bertz CT molecular complexity index is 890. The standard InChI is InChI=1S/C16H19NO4S3/c1-12(13-6-3-2-4-7-13)17-14-10-23(18,19)11-15(14)24(20,21)16-8-5-9-22-16/h2-9,12,14-15,17H,10-11H2,1H3/t12-,14-,15-/m0/s1. The average molecular weight is 386 g/mol. The van der Waals surface area contributed by atoms with E-state index in [0.717, 1.165) is 16.9 Å². The maximum absolute atomic E-state index is 12.8. The van der Waals surface area contributed by atoms with Gasteiger partial charge in [-0.05, 0) is 23.9 Å².